The van der Waals surface area contributed by atoms with E-state index in [0.717, 1.165) is 12.0 Å². The van der Waals surface area contributed by atoms with Gasteiger partial charge in [0.15, 0.2) is 0 Å². The molecule has 0 bridgehead atoms. The second-order valence-electron chi connectivity index (χ2n) is 3.75. The van der Waals surface area contributed by atoms with Crippen LogP contribution in [0.2, 0.25) is 0 Å². The first kappa shape index (κ1) is 12.8. The first-order valence-corrected chi connectivity index (χ1v) is 5.19. The van der Waals surface area contributed by atoms with Crippen LogP contribution < -0.4 is 5.32 Å². The van der Waals surface area contributed by atoms with Crippen LogP contribution in [-0.2, 0) is 0 Å². The molecule has 0 aromatic carbocycles. The molecule has 5 heteroatoms. The lowest BCUT2D eigenvalue weighted by Gasteiger charge is -2.12. The molecule has 1 aromatic heterocycles. The molecule has 90 valence electrons. The predicted molar refractivity (Wildman–Crippen MR) is 57.5 cm³/mol. The average molecular weight is 232 g/mol. The highest BCUT2D eigenvalue weighted by Crippen LogP contribution is 2.21. The Balaban J connectivity index is 2.68. The Bertz CT molecular complexity index is 336. The second-order valence-corrected chi connectivity index (χ2v) is 3.75. The van der Waals surface area contributed by atoms with Crippen LogP contribution in [0.15, 0.2) is 18.3 Å². The molecule has 1 rings (SSSR count). The predicted octanol–water partition coefficient (Wildman–Crippen LogP) is 3.57. The van der Waals surface area contributed by atoms with Crippen LogP contribution in [0.4, 0.5) is 19.0 Å². The average Bonchev–Trinajstić information content (AvgIpc) is 2.25. The third-order valence-electron chi connectivity index (χ3n) is 2.44. The van der Waals surface area contributed by atoms with Crippen LogP contribution in [0.5, 0.6) is 0 Å². The summed E-state index contributed by atoms with van der Waals surface area (Å²) in [5.41, 5.74) is 1.00. The Morgan fingerprint density at radius 1 is 1.44 bits per heavy atom. The molecule has 16 heavy (non-hydrogen) atoms. The van der Waals surface area contributed by atoms with E-state index in [-0.39, 0.29) is 5.82 Å². The Kier molecular flexibility index (Phi) is 4.15. The lowest BCUT2D eigenvalue weighted by Crippen LogP contribution is -2.21. The van der Waals surface area contributed by atoms with Crippen LogP contribution in [-0.4, -0.2) is 17.7 Å². The number of nitrogens with one attached hydrogen (secondary N) is 1. The van der Waals surface area contributed by atoms with Crippen molar-refractivity contribution in [2.75, 3.05) is 11.9 Å². The normalized spacial score (nSPS) is 13.6. The zero-order chi connectivity index (χ0) is 12.2. The largest absolute Gasteiger partial charge is 0.405 e. The molecule has 1 unspecified atom stereocenters. The van der Waals surface area contributed by atoms with Crippen molar-refractivity contribution in [2.24, 2.45) is 0 Å². The summed E-state index contributed by atoms with van der Waals surface area (Å²) in [5, 5.41) is 2.27. The fourth-order valence-electron chi connectivity index (χ4n) is 1.28. The number of hydrogen-bond acceptors (Lipinski definition) is 2. The first-order valence-electron chi connectivity index (χ1n) is 5.19. The molecule has 0 aliphatic carbocycles. The Hall–Kier alpha value is -1.26. The number of alkyl halides is 3. The van der Waals surface area contributed by atoms with Crippen molar-refractivity contribution in [1.29, 1.82) is 0 Å². The van der Waals surface area contributed by atoms with Crippen molar-refractivity contribution in [3.63, 3.8) is 0 Å². The molecule has 1 aromatic rings. The van der Waals surface area contributed by atoms with Crippen molar-refractivity contribution in [2.45, 2.75) is 32.4 Å². The number of rotatable bonds is 4. The van der Waals surface area contributed by atoms with Gasteiger partial charge in [0, 0.05) is 6.20 Å². The molecule has 0 aliphatic rings. The van der Waals surface area contributed by atoms with Crippen molar-refractivity contribution >= 4 is 5.82 Å². The van der Waals surface area contributed by atoms with E-state index in [1.807, 2.05) is 19.9 Å². The van der Waals surface area contributed by atoms with Gasteiger partial charge in [0.2, 0.25) is 0 Å². The Labute approximate surface area is 92.9 Å². The number of pyridine rings is 1. The first-order chi connectivity index (χ1) is 7.42. The highest BCUT2D eigenvalue weighted by molar-refractivity contribution is 5.38. The smallest absolute Gasteiger partial charge is 0.361 e. The van der Waals surface area contributed by atoms with E-state index in [0.29, 0.717) is 5.92 Å². The van der Waals surface area contributed by atoms with E-state index >= 15 is 0 Å². The summed E-state index contributed by atoms with van der Waals surface area (Å²) in [4.78, 5) is 3.85. The van der Waals surface area contributed by atoms with Crippen molar-refractivity contribution in [3.8, 4) is 0 Å². The molecule has 0 saturated heterocycles. The molecule has 1 N–H and O–H groups in total. The number of aromatic nitrogens is 1. The molecule has 0 fully saturated rings. The van der Waals surface area contributed by atoms with E-state index < -0.39 is 12.7 Å². The highest BCUT2D eigenvalue weighted by Gasteiger charge is 2.26. The minimum Gasteiger partial charge on any atom is -0.361 e. The zero-order valence-corrected chi connectivity index (χ0v) is 9.30. The molecule has 0 aliphatic heterocycles. The third-order valence-corrected chi connectivity index (χ3v) is 2.44. The topological polar surface area (TPSA) is 24.9 Å². The van der Waals surface area contributed by atoms with Crippen LogP contribution >= 0.6 is 0 Å². The van der Waals surface area contributed by atoms with Gasteiger partial charge in [0.05, 0.1) is 0 Å². The van der Waals surface area contributed by atoms with E-state index in [9.17, 15) is 13.2 Å². The van der Waals surface area contributed by atoms with Crippen molar-refractivity contribution in [1.82, 2.24) is 4.98 Å². The standard InChI is InChI=1S/C11H15F3N2/c1-3-8(2)9-4-5-15-10(6-9)16-7-11(12,13)14/h4-6,8H,3,7H2,1-2H3,(H,15,16). The number of hydrogen-bond donors (Lipinski definition) is 1. The van der Waals surface area contributed by atoms with Gasteiger partial charge in [-0.25, -0.2) is 4.98 Å². The summed E-state index contributed by atoms with van der Waals surface area (Å²) >= 11 is 0. The molecule has 0 radical (unpaired) electrons. The molecule has 2 nitrogen and oxygen atoms in total. The van der Waals surface area contributed by atoms with Gasteiger partial charge in [-0.15, -0.1) is 0 Å². The minimum atomic E-state index is -4.21. The van der Waals surface area contributed by atoms with Crippen molar-refractivity contribution < 1.29 is 13.2 Å². The van der Waals surface area contributed by atoms with Gasteiger partial charge < -0.3 is 5.32 Å². The van der Waals surface area contributed by atoms with Crippen LogP contribution in [0.3, 0.4) is 0 Å². The maximum absolute atomic E-state index is 12.0. The molecule has 0 spiro atoms. The highest BCUT2D eigenvalue weighted by atomic mass is 19.4. The summed E-state index contributed by atoms with van der Waals surface area (Å²) in [7, 11) is 0. The Morgan fingerprint density at radius 2 is 2.12 bits per heavy atom. The fourth-order valence-corrected chi connectivity index (χ4v) is 1.28. The summed E-state index contributed by atoms with van der Waals surface area (Å²) in [6, 6.07) is 3.49. The Morgan fingerprint density at radius 3 is 2.69 bits per heavy atom. The summed E-state index contributed by atoms with van der Waals surface area (Å²) in [6.45, 7) is 3.01. The SMILES string of the molecule is CCC(C)c1ccnc(NCC(F)(F)F)c1. The molecule has 1 heterocycles. The lowest BCUT2D eigenvalue weighted by molar-refractivity contribution is -0.115. The van der Waals surface area contributed by atoms with Gasteiger partial charge in [0.25, 0.3) is 0 Å². The monoisotopic (exact) mass is 232 g/mol. The second kappa shape index (κ2) is 5.18. The van der Waals surface area contributed by atoms with Crippen LogP contribution in [0.1, 0.15) is 31.7 Å². The fraction of sp³-hybridized carbons (Fsp3) is 0.545. The number of anilines is 1. The maximum Gasteiger partial charge on any atom is 0.405 e. The zero-order valence-electron chi connectivity index (χ0n) is 9.30. The van der Waals surface area contributed by atoms with Gasteiger partial charge in [-0.2, -0.15) is 13.2 Å². The quantitative estimate of drug-likeness (QED) is 0.858. The van der Waals surface area contributed by atoms with E-state index in [4.69, 9.17) is 0 Å². The van der Waals surface area contributed by atoms with E-state index in [2.05, 4.69) is 10.3 Å². The van der Waals surface area contributed by atoms with Gasteiger partial charge in [-0.05, 0) is 30.0 Å². The molecular formula is C11H15F3N2. The maximum atomic E-state index is 12.0. The van der Waals surface area contributed by atoms with Crippen LogP contribution in [0, 0.1) is 0 Å². The summed E-state index contributed by atoms with van der Waals surface area (Å²) < 4.78 is 35.9. The van der Waals surface area contributed by atoms with Gasteiger partial charge in [-0.3, -0.25) is 0 Å². The molecular weight excluding hydrogens is 217 g/mol. The van der Waals surface area contributed by atoms with Gasteiger partial charge in [0.1, 0.15) is 12.4 Å². The number of halogens is 3. The minimum absolute atomic E-state index is 0.273. The summed E-state index contributed by atoms with van der Waals surface area (Å²) in [6.07, 6.45) is -1.74. The van der Waals surface area contributed by atoms with Gasteiger partial charge in [-0.1, -0.05) is 13.8 Å². The third kappa shape index (κ3) is 4.08. The van der Waals surface area contributed by atoms with Crippen LogP contribution in [0.25, 0.3) is 0 Å². The molecule has 1 atom stereocenters. The molecule has 0 saturated carbocycles. The lowest BCUT2D eigenvalue weighted by atomic mass is 10.00. The number of nitrogens with zero attached hydrogens (tertiary/aromatic N) is 1. The van der Waals surface area contributed by atoms with Gasteiger partial charge >= 0.3 is 6.18 Å². The van der Waals surface area contributed by atoms with E-state index in [1.165, 1.54) is 6.20 Å². The molecule has 0 amide bonds. The van der Waals surface area contributed by atoms with Crippen molar-refractivity contribution in [3.05, 3.63) is 23.9 Å². The summed E-state index contributed by atoms with van der Waals surface area (Å²) in [5.74, 6) is 0.601. The van der Waals surface area contributed by atoms with E-state index in [1.54, 1.807) is 6.07 Å².